The largest absolute Gasteiger partial charge is 0.481 e. The zero-order valence-corrected chi connectivity index (χ0v) is 15.7. The van der Waals surface area contributed by atoms with Crippen molar-refractivity contribution < 1.29 is 19.1 Å². The molecule has 9 heteroatoms. The number of benzene rings is 2. The number of aromatic amines is 1. The van der Waals surface area contributed by atoms with Gasteiger partial charge in [-0.25, -0.2) is 5.10 Å². The van der Waals surface area contributed by atoms with Gasteiger partial charge in [0.1, 0.15) is 5.75 Å². The van der Waals surface area contributed by atoms with Crippen molar-refractivity contribution in [2.45, 2.75) is 20.0 Å². The summed E-state index contributed by atoms with van der Waals surface area (Å²) in [7, 11) is 0. The van der Waals surface area contributed by atoms with E-state index in [-0.39, 0.29) is 11.5 Å². The molecule has 0 bridgehead atoms. The first-order valence-electron chi connectivity index (χ1n) is 8.72. The number of ether oxygens (including phenoxy) is 1. The highest BCUT2D eigenvalue weighted by atomic mass is 16.5. The zero-order valence-electron chi connectivity index (χ0n) is 15.7. The molecule has 0 saturated carbocycles. The SMILES string of the molecule is CC(=O)c1cccc(OC(C)C(=O)NNC(=O)c2n[nH]c(=O)c3ccccc23)c1. The highest BCUT2D eigenvalue weighted by Crippen LogP contribution is 2.15. The van der Waals surface area contributed by atoms with Crippen LogP contribution in [-0.2, 0) is 4.79 Å². The van der Waals surface area contributed by atoms with Crippen molar-refractivity contribution >= 4 is 28.4 Å². The van der Waals surface area contributed by atoms with Gasteiger partial charge in [0.15, 0.2) is 17.6 Å². The van der Waals surface area contributed by atoms with E-state index in [0.717, 1.165) is 0 Å². The van der Waals surface area contributed by atoms with Crippen molar-refractivity contribution in [3.05, 3.63) is 70.1 Å². The number of fused-ring (bicyclic) bond motifs is 1. The number of ketones is 1. The van der Waals surface area contributed by atoms with Crippen LogP contribution < -0.4 is 21.1 Å². The van der Waals surface area contributed by atoms with Gasteiger partial charge in [0.05, 0.1) is 5.39 Å². The van der Waals surface area contributed by atoms with Gasteiger partial charge in [-0.1, -0.05) is 30.3 Å². The Kier molecular flexibility index (Phi) is 5.68. The third-order valence-electron chi connectivity index (χ3n) is 4.13. The maximum Gasteiger partial charge on any atom is 0.290 e. The first-order chi connectivity index (χ1) is 13.9. The Labute approximate surface area is 165 Å². The monoisotopic (exact) mass is 394 g/mol. The van der Waals surface area contributed by atoms with Crippen LogP contribution in [0.3, 0.4) is 0 Å². The van der Waals surface area contributed by atoms with Crippen LogP contribution in [0.1, 0.15) is 34.7 Å². The number of rotatable bonds is 5. The van der Waals surface area contributed by atoms with E-state index in [1.165, 1.54) is 19.9 Å². The number of amides is 2. The Hall–Kier alpha value is -4.01. The number of H-pyrrole nitrogens is 1. The third-order valence-corrected chi connectivity index (χ3v) is 4.13. The molecule has 29 heavy (non-hydrogen) atoms. The zero-order chi connectivity index (χ0) is 21.0. The van der Waals surface area contributed by atoms with Crippen LogP contribution in [-0.4, -0.2) is 33.9 Å². The fourth-order valence-electron chi connectivity index (χ4n) is 2.61. The first-order valence-corrected chi connectivity index (χ1v) is 8.72. The smallest absolute Gasteiger partial charge is 0.290 e. The predicted molar refractivity (Wildman–Crippen MR) is 105 cm³/mol. The second kappa shape index (κ2) is 8.34. The van der Waals surface area contributed by atoms with E-state index in [1.54, 1.807) is 42.5 Å². The molecule has 0 aliphatic rings. The topological polar surface area (TPSA) is 130 Å². The first kappa shape index (κ1) is 19.7. The van der Waals surface area contributed by atoms with E-state index in [9.17, 15) is 19.2 Å². The molecule has 0 saturated heterocycles. The van der Waals surface area contributed by atoms with E-state index in [1.807, 2.05) is 0 Å². The summed E-state index contributed by atoms with van der Waals surface area (Å²) in [5.41, 5.74) is 4.50. The van der Waals surface area contributed by atoms with Crippen molar-refractivity contribution in [2.24, 2.45) is 0 Å². The van der Waals surface area contributed by atoms with Crippen LogP contribution in [0.15, 0.2) is 53.3 Å². The fourth-order valence-corrected chi connectivity index (χ4v) is 2.61. The van der Waals surface area contributed by atoms with E-state index >= 15 is 0 Å². The molecule has 1 heterocycles. The highest BCUT2D eigenvalue weighted by Gasteiger charge is 2.18. The van der Waals surface area contributed by atoms with E-state index in [2.05, 4.69) is 21.0 Å². The molecular formula is C20H18N4O5. The Morgan fingerprint density at radius 2 is 1.76 bits per heavy atom. The molecule has 0 aliphatic carbocycles. The summed E-state index contributed by atoms with van der Waals surface area (Å²) in [6.45, 7) is 2.93. The van der Waals surface area contributed by atoms with Crippen molar-refractivity contribution in [1.82, 2.24) is 21.0 Å². The van der Waals surface area contributed by atoms with Gasteiger partial charge in [0.2, 0.25) is 0 Å². The average Bonchev–Trinajstić information content (AvgIpc) is 2.72. The van der Waals surface area contributed by atoms with Crippen LogP contribution in [0.4, 0.5) is 0 Å². The van der Waals surface area contributed by atoms with Gasteiger partial charge in [-0.3, -0.25) is 30.0 Å². The van der Waals surface area contributed by atoms with Crippen LogP contribution in [0, 0.1) is 0 Å². The summed E-state index contributed by atoms with van der Waals surface area (Å²) in [6, 6.07) is 12.9. The van der Waals surface area contributed by atoms with Gasteiger partial charge in [-0.05, 0) is 32.0 Å². The minimum Gasteiger partial charge on any atom is -0.481 e. The number of carbonyl (C=O) groups is 3. The summed E-state index contributed by atoms with van der Waals surface area (Å²) in [6.07, 6.45) is -0.946. The van der Waals surface area contributed by atoms with Crippen LogP contribution in [0.5, 0.6) is 5.75 Å². The van der Waals surface area contributed by atoms with E-state index in [4.69, 9.17) is 4.74 Å². The molecule has 148 valence electrons. The van der Waals surface area contributed by atoms with Gasteiger partial charge in [0.25, 0.3) is 17.4 Å². The quantitative estimate of drug-likeness (QED) is 0.442. The lowest BCUT2D eigenvalue weighted by Gasteiger charge is -2.15. The Bertz CT molecular complexity index is 1150. The lowest BCUT2D eigenvalue weighted by Crippen LogP contribution is -2.47. The van der Waals surface area contributed by atoms with Crippen LogP contribution >= 0.6 is 0 Å². The van der Waals surface area contributed by atoms with Crippen molar-refractivity contribution in [2.75, 3.05) is 0 Å². The molecule has 1 atom stereocenters. The van der Waals surface area contributed by atoms with Crippen molar-refractivity contribution in [1.29, 1.82) is 0 Å². The predicted octanol–water partition coefficient (Wildman–Crippen LogP) is 1.35. The standard InChI is InChI=1S/C20H18N4O5/c1-11(25)13-6-5-7-14(10-13)29-12(2)18(26)22-24-20(28)17-15-8-3-4-9-16(15)19(27)23-21-17/h3-10,12H,1-2H3,(H,22,26)(H,23,27)(H,24,28). The molecule has 0 aliphatic heterocycles. The van der Waals surface area contributed by atoms with E-state index < -0.39 is 23.5 Å². The minimum atomic E-state index is -0.946. The third kappa shape index (κ3) is 4.46. The maximum atomic E-state index is 12.4. The molecule has 2 amide bonds. The lowest BCUT2D eigenvalue weighted by atomic mass is 10.1. The van der Waals surface area contributed by atoms with Crippen molar-refractivity contribution in [3.63, 3.8) is 0 Å². The summed E-state index contributed by atoms with van der Waals surface area (Å²) in [5.74, 6) is -1.09. The number of aromatic nitrogens is 2. The molecule has 1 aromatic heterocycles. The molecule has 3 N–H and O–H groups in total. The van der Waals surface area contributed by atoms with Gasteiger partial charge in [-0.15, -0.1) is 0 Å². The molecule has 0 spiro atoms. The van der Waals surface area contributed by atoms with Crippen molar-refractivity contribution in [3.8, 4) is 5.75 Å². The number of nitrogens with zero attached hydrogens (tertiary/aromatic N) is 1. The van der Waals surface area contributed by atoms with Crippen LogP contribution in [0.25, 0.3) is 10.8 Å². The van der Waals surface area contributed by atoms with E-state index in [0.29, 0.717) is 22.1 Å². The second-order valence-corrected chi connectivity index (χ2v) is 6.23. The average molecular weight is 394 g/mol. The van der Waals surface area contributed by atoms with Gasteiger partial charge in [-0.2, -0.15) is 5.10 Å². The maximum absolute atomic E-state index is 12.4. The number of hydrogen-bond acceptors (Lipinski definition) is 6. The Balaban J connectivity index is 1.65. The lowest BCUT2D eigenvalue weighted by molar-refractivity contribution is -0.128. The summed E-state index contributed by atoms with van der Waals surface area (Å²) < 4.78 is 5.51. The number of hydrogen-bond donors (Lipinski definition) is 3. The molecule has 0 fully saturated rings. The molecule has 1 unspecified atom stereocenters. The molecular weight excluding hydrogens is 376 g/mol. The summed E-state index contributed by atoms with van der Waals surface area (Å²) in [4.78, 5) is 47.8. The number of Topliss-reactive ketones (excluding diaryl/α,β-unsaturated/α-hetero) is 1. The molecule has 2 aromatic carbocycles. The number of carbonyl (C=O) groups excluding carboxylic acids is 3. The highest BCUT2D eigenvalue weighted by molar-refractivity contribution is 6.05. The Morgan fingerprint density at radius 3 is 2.48 bits per heavy atom. The second-order valence-electron chi connectivity index (χ2n) is 6.23. The summed E-state index contributed by atoms with van der Waals surface area (Å²) >= 11 is 0. The van der Waals surface area contributed by atoms with Crippen LogP contribution in [0.2, 0.25) is 0 Å². The van der Waals surface area contributed by atoms with Gasteiger partial charge >= 0.3 is 0 Å². The molecule has 3 rings (SSSR count). The minimum absolute atomic E-state index is 0.0387. The number of nitrogens with one attached hydrogen (secondary N) is 3. The normalized spacial score (nSPS) is 11.5. The van der Waals surface area contributed by atoms with Gasteiger partial charge < -0.3 is 4.74 Å². The fraction of sp³-hybridized carbons (Fsp3) is 0.150. The molecule has 0 radical (unpaired) electrons. The number of hydrazine groups is 1. The Morgan fingerprint density at radius 1 is 1.03 bits per heavy atom. The molecule has 3 aromatic rings. The summed E-state index contributed by atoms with van der Waals surface area (Å²) in [5, 5.41) is 6.67. The molecule has 9 nitrogen and oxygen atoms in total. The van der Waals surface area contributed by atoms with Gasteiger partial charge in [0, 0.05) is 10.9 Å².